The fourth-order valence-corrected chi connectivity index (χ4v) is 3.99. The zero-order valence-electron chi connectivity index (χ0n) is 17.3. The zero-order valence-corrected chi connectivity index (χ0v) is 17.3. The molecule has 0 saturated carbocycles. The standard InChI is InChI=1S/C23H16FN7O2/c1-12(20-9-18(28-32-20)14-4-2-3-5-16(14)24)31-10-15(21-22(25)26-11-27-23(21)31)13-6-7-17-19(8-13)30-33-29-17/h2-12H,1H3,(H2,25,26,27). The maximum atomic E-state index is 14.2. The molecule has 0 fully saturated rings. The van der Waals surface area contributed by atoms with Crippen LogP contribution in [0.25, 0.3) is 44.5 Å². The van der Waals surface area contributed by atoms with Gasteiger partial charge in [0.05, 0.1) is 11.4 Å². The molecule has 4 aromatic heterocycles. The van der Waals surface area contributed by atoms with Gasteiger partial charge in [-0.25, -0.2) is 19.0 Å². The first-order valence-corrected chi connectivity index (χ1v) is 10.2. The predicted molar refractivity (Wildman–Crippen MR) is 118 cm³/mol. The van der Waals surface area contributed by atoms with Crippen molar-refractivity contribution in [3.63, 3.8) is 0 Å². The molecule has 0 spiro atoms. The SMILES string of the molecule is CC(c1cc(-c2ccccc2F)no1)n1cc(-c2ccc3nonc3c2)c2c(N)ncnc21. The molecule has 0 amide bonds. The summed E-state index contributed by atoms with van der Waals surface area (Å²) in [6.07, 6.45) is 3.35. The first-order valence-electron chi connectivity index (χ1n) is 10.2. The van der Waals surface area contributed by atoms with Crippen molar-refractivity contribution in [3.05, 3.63) is 72.6 Å². The summed E-state index contributed by atoms with van der Waals surface area (Å²) >= 11 is 0. The molecular weight excluding hydrogens is 425 g/mol. The van der Waals surface area contributed by atoms with Crippen molar-refractivity contribution in [2.75, 3.05) is 5.73 Å². The minimum atomic E-state index is -0.364. The Labute approximate surface area is 185 Å². The molecule has 6 rings (SSSR count). The number of halogens is 1. The Bertz CT molecular complexity index is 1630. The Hall–Kier alpha value is -4.60. The summed E-state index contributed by atoms with van der Waals surface area (Å²) in [7, 11) is 0. The first-order chi connectivity index (χ1) is 16.1. The van der Waals surface area contributed by atoms with Crippen LogP contribution in [0.5, 0.6) is 0 Å². The summed E-state index contributed by atoms with van der Waals surface area (Å²) in [5.41, 5.74) is 10.6. The van der Waals surface area contributed by atoms with E-state index in [1.807, 2.05) is 35.9 Å². The number of hydrogen-bond acceptors (Lipinski definition) is 8. The predicted octanol–water partition coefficient (Wildman–Crippen LogP) is 4.62. The second kappa shape index (κ2) is 7.23. The van der Waals surface area contributed by atoms with Crippen LogP contribution in [0, 0.1) is 5.82 Å². The van der Waals surface area contributed by atoms with Gasteiger partial charge in [0.2, 0.25) is 0 Å². The smallest absolute Gasteiger partial charge is 0.159 e. The lowest BCUT2D eigenvalue weighted by atomic mass is 10.1. The number of rotatable bonds is 4. The summed E-state index contributed by atoms with van der Waals surface area (Å²) in [5.74, 6) is 0.533. The molecule has 2 aromatic carbocycles. The molecule has 6 aromatic rings. The Balaban J connectivity index is 1.48. The topological polar surface area (TPSA) is 122 Å². The highest BCUT2D eigenvalue weighted by molar-refractivity contribution is 6.01. The van der Waals surface area contributed by atoms with Gasteiger partial charge in [0.15, 0.2) is 5.76 Å². The van der Waals surface area contributed by atoms with Crippen LogP contribution < -0.4 is 5.73 Å². The Morgan fingerprint density at radius 3 is 2.70 bits per heavy atom. The van der Waals surface area contributed by atoms with Gasteiger partial charge in [-0.15, -0.1) is 0 Å². The largest absolute Gasteiger partial charge is 0.383 e. The first kappa shape index (κ1) is 19.1. The normalized spacial score (nSPS) is 12.5. The summed E-state index contributed by atoms with van der Waals surface area (Å²) in [6, 6.07) is 13.5. The summed E-state index contributed by atoms with van der Waals surface area (Å²) in [4.78, 5) is 8.64. The van der Waals surface area contributed by atoms with Gasteiger partial charge in [-0.1, -0.05) is 23.4 Å². The number of aromatic nitrogens is 6. The average molecular weight is 441 g/mol. The molecule has 0 aliphatic heterocycles. The van der Waals surface area contributed by atoms with E-state index < -0.39 is 0 Å². The van der Waals surface area contributed by atoms with Crippen molar-refractivity contribution in [2.24, 2.45) is 0 Å². The van der Waals surface area contributed by atoms with Crippen LogP contribution in [-0.4, -0.2) is 30.0 Å². The Morgan fingerprint density at radius 2 is 1.82 bits per heavy atom. The summed E-state index contributed by atoms with van der Waals surface area (Å²) in [5, 5.41) is 12.6. The van der Waals surface area contributed by atoms with Crippen molar-refractivity contribution >= 4 is 27.9 Å². The van der Waals surface area contributed by atoms with Crippen molar-refractivity contribution in [1.29, 1.82) is 0 Å². The minimum absolute atomic E-state index is 0.305. The van der Waals surface area contributed by atoms with Gasteiger partial charge >= 0.3 is 0 Å². The average Bonchev–Trinajstić information content (AvgIpc) is 3.57. The van der Waals surface area contributed by atoms with Gasteiger partial charge in [-0.3, -0.25) is 0 Å². The third-order valence-electron chi connectivity index (χ3n) is 5.71. The Kier molecular flexibility index (Phi) is 4.19. The minimum Gasteiger partial charge on any atom is -0.383 e. The van der Waals surface area contributed by atoms with Crippen molar-refractivity contribution in [1.82, 2.24) is 30.0 Å². The zero-order chi connectivity index (χ0) is 22.5. The van der Waals surface area contributed by atoms with Crippen LogP contribution in [-0.2, 0) is 0 Å². The second-order valence-electron chi connectivity index (χ2n) is 7.65. The number of benzene rings is 2. The van der Waals surface area contributed by atoms with Gasteiger partial charge in [-0.2, -0.15) is 0 Å². The van der Waals surface area contributed by atoms with E-state index in [4.69, 9.17) is 14.9 Å². The van der Waals surface area contributed by atoms with Crippen LogP contribution in [0.2, 0.25) is 0 Å². The van der Waals surface area contributed by atoms with Crippen LogP contribution in [0.15, 0.2) is 70.2 Å². The van der Waals surface area contributed by atoms with Gasteiger partial charge in [-0.05, 0) is 47.1 Å². The van der Waals surface area contributed by atoms with E-state index in [-0.39, 0.29) is 11.9 Å². The third-order valence-corrected chi connectivity index (χ3v) is 5.71. The molecule has 4 heterocycles. The molecule has 0 bridgehead atoms. The molecule has 33 heavy (non-hydrogen) atoms. The summed E-state index contributed by atoms with van der Waals surface area (Å²) < 4.78 is 26.5. The maximum Gasteiger partial charge on any atom is 0.159 e. The monoisotopic (exact) mass is 441 g/mol. The number of nitrogens with zero attached hydrogens (tertiary/aromatic N) is 6. The second-order valence-corrected chi connectivity index (χ2v) is 7.65. The quantitative estimate of drug-likeness (QED) is 0.421. The van der Waals surface area contributed by atoms with Crippen LogP contribution in [0.4, 0.5) is 10.2 Å². The van der Waals surface area contributed by atoms with Gasteiger partial charge in [0.1, 0.15) is 40.3 Å². The molecule has 9 nitrogen and oxygen atoms in total. The van der Waals surface area contributed by atoms with E-state index in [0.29, 0.717) is 44.9 Å². The number of nitrogen functional groups attached to an aromatic ring is 1. The van der Waals surface area contributed by atoms with E-state index in [2.05, 4.69) is 25.4 Å². The van der Waals surface area contributed by atoms with Crippen molar-refractivity contribution < 1.29 is 13.5 Å². The van der Waals surface area contributed by atoms with Gasteiger partial charge in [0, 0.05) is 23.4 Å². The molecule has 10 heteroatoms. The molecule has 0 aliphatic rings. The van der Waals surface area contributed by atoms with E-state index in [0.717, 1.165) is 11.1 Å². The highest BCUT2D eigenvalue weighted by Gasteiger charge is 2.22. The molecule has 0 radical (unpaired) electrons. The number of fused-ring (bicyclic) bond motifs is 2. The highest BCUT2D eigenvalue weighted by Crippen LogP contribution is 2.37. The van der Waals surface area contributed by atoms with E-state index >= 15 is 0 Å². The van der Waals surface area contributed by atoms with Crippen molar-refractivity contribution in [3.8, 4) is 22.4 Å². The Morgan fingerprint density at radius 1 is 0.970 bits per heavy atom. The lowest BCUT2D eigenvalue weighted by molar-refractivity contribution is 0.315. The van der Waals surface area contributed by atoms with Crippen LogP contribution in [0.3, 0.4) is 0 Å². The van der Waals surface area contributed by atoms with E-state index in [1.165, 1.54) is 12.4 Å². The molecule has 0 aliphatic carbocycles. The summed E-state index contributed by atoms with van der Waals surface area (Å²) in [6.45, 7) is 1.94. The third kappa shape index (κ3) is 3.03. The molecule has 0 saturated heterocycles. The highest BCUT2D eigenvalue weighted by atomic mass is 19.1. The number of anilines is 1. The lowest BCUT2D eigenvalue weighted by Crippen LogP contribution is -2.05. The van der Waals surface area contributed by atoms with Crippen molar-refractivity contribution in [2.45, 2.75) is 13.0 Å². The van der Waals surface area contributed by atoms with Crippen LogP contribution in [0.1, 0.15) is 18.7 Å². The van der Waals surface area contributed by atoms with Gasteiger partial charge in [0.25, 0.3) is 0 Å². The fraction of sp³-hybridized carbons (Fsp3) is 0.0870. The maximum absolute atomic E-state index is 14.2. The molecule has 1 atom stereocenters. The molecule has 1 unspecified atom stereocenters. The fourth-order valence-electron chi connectivity index (χ4n) is 3.99. The van der Waals surface area contributed by atoms with Gasteiger partial charge < -0.3 is 14.8 Å². The molecule has 162 valence electrons. The van der Waals surface area contributed by atoms with E-state index in [1.54, 1.807) is 24.3 Å². The lowest BCUT2D eigenvalue weighted by Gasteiger charge is -2.11. The number of hydrogen-bond donors (Lipinski definition) is 1. The molecular formula is C23H16FN7O2. The molecule has 2 N–H and O–H groups in total. The number of nitrogens with two attached hydrogens (primary N) is 1. The van der Waals surface area contributed by atoms with E-state index in [9.17, 15) is 4.39 Å². The van der Waals surface area contributed by atoms with Crippen LogP contribution >= 0.6 is 0 Å².